The zero-order chi connectivity index (χ0) is 20.3. The Hall–Kier alpha value is -2.40. The molecule has 1 atom stereocenters. The average Bonchev–Trinajstić information content (AvgIpc) is 2.93. The molecule has 1 amide bonds. The van der Waals surface area contributed by atoms with E-state index in [0.717, 1.165) is 69.4 Å². The number of carbonyl (C=O) groups excluding carboxylic acids is 1. The molecule has 0 aromatic heterocycles. The number of benzene rings is 2. The molecule has 1 spiro atoms. The predicted molar refractivity (Wildman–Crippen MR) is 111 cm³/mol. The second-order valence-electron chi connectivity index (χ2n) is 8.46. The lowest BCUT2D eigenvalue weighted by Gasteiger charge is -2.38. The van der Waals surface area contributed by atoms with Crippen molar-refractivity contribution in [2.24, 2.45) is 0 Å². The highest BCUT2D eigenvalue weighted by atomic mass is 19.1. The molecule has 0 aliphatic carbocycles. The summed E-state index contributed by atoms with van der Waals surface area (Å²) in [6.07, 6.45) is 5.68. The van der Waals surface area contributed by atoms with E-state index in [9.17, 15) is 14.3 Å². The minimum absolute atomic E-state index is 0.117. The number of nitrogens with zero attached hydrogens (tertiary/aromatic N) is 2. The first-order chi connectivity index (χ1) is 14.0. The fourth-order valence-corrected chi connectivity index (χ4v) is 5.04. The highest BCUT2D eigenvalue weighted by molar-refractivity contribution is 5.79. The molecule has 5 heteroatoms. The van der Waals surface area contributed by atoms with Gasteiger partial charge in [0.15, 0.2) is 0 Å². The van der Waals surface area contributed by atoms with Gasteiger partial charge in [0.2, 0.25) is 5.91 Å². The molecule has 0 bridgehead atoms. The van der Waals surface area contributed by atoms with Crippen LogP contribution in [0, 0.1) is 5.82 Å². The van der Waals surface area contributed by atoms with Crippen molar-refractivity contribution in [3.63, 3.8) is 0 Å². The summed E-state index contributed by atoms with van der Waals surface area (Å²) in [7, 11) is 0. The lowest BCUT2D eigenvalue weighted by atomic mass is 9.87. The highest BCUT2D eigenvalue weighted by Gasteiger charge is 2.41. The van der Waals surface area contributed by atoms with Crippen molar-refractivity contribution in [3.05, 3.63) is 65.5 Å². The van der Waals surface area contributed by atoms with E-state index < -0.39 is 0 Å². The third kappa shape index (κ3) is 4.61. The van der Waals surface area contributed by atoms with Crippen LogP contribution in [0.4, 0.5) is 4.39 Å². The first-order valence-electron chi connectivity index (χ1n) is 10.6. The van der Waals surface area contributed by atoms with Gasteiger partial charge in [0.25, 0.3) is 0 Å². The fraction of sp³-hybridized carbons (Fsp3) is 0.458. The molecule has 2 aromatic rings. The predicted octanol–water partition coefficient (Wildman–Crippen LogP) is 4.12. The number of hydrogen-bond donors (Lipinski definition) is 1. The normalized spacial score (nSPS) is 22.7. The monoisotopic (exact) mass is 396 g/mol. The van der Waals surface area contributed by atoms with Crippen molar-refractivity contribution >= 4 is 5.91 Å². The number of phenolic OH excluding ortho intramolecular Hbond substituents is 1. The van der Waals surface area contributed by atoms with Crippen molar-refractivity contribution in [1.29, 1.82) is 0 Å². The van der Waals surface area contributed by atoms with Crippen LogP contribution in [0.1, 0.15) is 43.2 Å². The molecule has 0 radical (unpaired) electrons. The zero-order valence-corrected chi connectivity index (χ0v) is 16.8. The number of phenols is 1. The summed E-state index contributed by atoms with van der Waals surface area (Å²) in [5.74, 6) is 0.145. The van der Waals surface area contributed by atoms with E-state index in [4.69, 9.17) is 0 Å². The molecule has 154 valence electrons. The first-order valence-corrected chi connectivity index (χ1v) is 10.6. The van der Waals surface area contributed by atoms with Gasteiger partial charge in [-0.2, -0.15) is 0 Å². The van der Waals surface area contributed by atoms with Crippen molar-refractivity contribution in [1.82, 2.24) is 9.80 Å². The minimum atomic E-state index is -0.180. The molecule has 2 aliphatic rings. The molecule has 2 fully saturated rings. The maximum absolute atomic E-state index is 13.6. The standard InChI is InChI=1S/C24H29FN2O2/c25-21-7-1-6-20(15-21)18-27-13-4-10-24(27)9-3-12-26(14-11-24)23(29)17-19-5-2-8-22(28)16-19/h1-2,5-8,15-16,28H,3-4,9-14,17-18H2. The molecule has 2 aliphatic heterocycles. The Labute approximate surface area is 171 Å². The van der Waals surface area contributed by atoms with Crippen LogP contribution in [0.25, 0.3) is 0 Å². The number of likely N-dealkylation sites (tertiary alicyclic amines) is 2. The summed E-state index contributed by atoms with van der Waals surface area (Å²) in [4.78, 5) is 17.3. The molecule has 29 heavy (non-hydrogen) atoms. The Morgan fingerprint density at radius 2 is 1.72 bits per heavy atom. The van der Waals surface area contributed by atoms with E-state index in [1.54, 1.807) is 30.3 Å². The summed E-state index contributed by atoms with van der Waals surface area (Å²) in [5, 5.41) is 9.63. The number of carbonyl (C=O) groups is 1. The second kappa shape index (κ2) is 8.54. The van der Waals surface area contributed by atoms with Crippen LogP contribution in [-0.2, 0) is 17.8 Å². The van der Waals surface area contributed by atoms with Gasteiger partial charge in [-0.15, -0.1) is 0 Å². The molecule has 1 N–H and O–H groups in total. The maximum Gasteiger partial charge on any atom is 0.226 e. The summed E-state index contributed by atoms with van der Waals surface area (Å²) in [6, 6.07) is 13.8. The van der Waals surface area contributed by atoms with Gasteiger partial charge in [-0.05, 0) is 74.0 Å². The Bertz CT molecular complexity index is 871. The van der Waals surface area contributed by atoms with Gasteiger partial charge < -0.3 is 10.0 Å². The van der Waals surface area contributed by atoms with E-state index in [-0.39, 0.29) is 23.0 Å². The van der Waals surface area contributed by atoms with Gasteiger partial charge >= 0.3 is 0 Å². The maximum atomic E-state index is 13.6. The molecule has 2 aromatic carbocycles. The van der Waals surface area contributed by atoms with Crippen molar-refractivity contribution < 1.29 is 14.3 Å². The zero-order valence-electron chi connectivity index (χ0n) is 16.8. The summed E-state index contributed by atoms with van der Waals surface area (Å²) >= 11 is 0. The molecule has 4 rings (SSSR count). The quantitative estimate of drug-likeness (QED) is 0.845. The lowest BCUT2D eigenvalue weighted by molar-refractivity contribution is -0.130. The molecule has 2 saturated heterocycles. The van der Waals surface area contributed by atoms with E-state index in [2.05, 4.69) is 4.90 Å². The molecule has 0 saturated carbocycles. The van der Waals surface area contributed by atoms with Crippen LogP contribution in [0.5, 0.6) is 5.75 Å². The van der Waals surface area contributed by atoms with Crippen molar-refractivity contribution in [2.75, 3.05) is 19.6 Å². The molecule has 1 unspecified atom stereocenters. The summed E-state index contributed by atoms with van der Waals surface area (Å²) < 4.78 is 13.6. The van der Waals surface area contributed by atoms with E-state index >= 15 is 0 Å². The van der Waals surface area contributed by atoms with Crippen molar-refractivity contribution in [2.45, 2.75) is 50.6 Å². The van der Waals surface area contributed by atoms with E-state index in [1.165, 1.54) is 6.07 Å². The SMILES string of the molecule is O=C(Cc1cccc(O)c1)N1CCCC2(CCCN2Cc2cccc(F)c2)CC1. The Morgan fingerprint density at radius 1 is 0.966 bits per heavy atom. The van der Waals surface area contributed by atoms with Crippen LogP contribution >= 0.6 is 0 Å². The van der Waals surface area contributed by atoms with Gasteiger partial charge in [0.05, 0.1) is 6.42 Å². The van der Waals surface area contributed by atoms with Crippen LogP contribution < -0.4 is 0 Å². The topological polar surface area (TPSA) is 43.8 Å². The number of aromatic hydroxyl groups is 1. The smallest absolute Gasteiger partial charge is 0.226 e. The number of hydrogen-bond acceptors (Lipinski definition) is 3. The van der Waals surface area contributed by atoms with Crippen LogP contribution in [0.3, 0.4) is 0 Å². The lowest BCUT2D eigenvalue weighted by Crippen LogP contribution is -2.44. The van der Waals surface area contributed by atoms with Gasteiger partial charge in [-0.3, -0.25) is 9.69 Å². The summed E-state index contributed by atoms with van der Waals surface area (Å²) in [6.45, 7) is 3.35. The van der Waals surface area contributed by atoms with Gasteiger partial charge in [-0.25, -0.2) is 4.39 Å². The van der Waals surface area contributed by atoms with Crippen LogP contribution in [0.2, 0.25) is 0 Å². The second-order valence-corrected chi connectivity index (χ2v) is 8.46. The fourth-order valence-electron chi connectivity index (χ4n) is 5.04. The van der Waals surface area contributed by atoms with Gasteiger partial charge in [0.1, 0.15) is 11.6 Å². The van der Waals surface area contributed by atoms with E-state index in [0.29, 0.717) is 6.42 Å². The van der Waals surface area contributed by atoms with Crippen LogP contribution in [-0.4, -0.2) is 46.0 Å². The number of amides is 1. The van der Waals surface area contributed by atoms with Gasteiger partial charge in [-0.1, -0.05) is 24.3 Å². The third-order valence-corrected chi connectivity index (χ3v) is 6.54. The number of halogens is 1. The number of rotatable bonds is 4. The van der Waals surface area contributed by atoms with E-state index in [1.807, 2.05) is 17.0 Å². The minimum Gasteiger partial charge on any atom is -0.508 e. The molecular formula is C24H29FN2O2. The average molecular weight is 397 g/mol. The van der Waals surface area contributed by atoms with Gasteiger partial charge in [0, 0.05) is 25.2 Å². The molecule has 2 heterocycles. The largest absolute Gasteiger partial charge is 0.508 e. The molecular weight excluding hydrogens is 367 g/mol. The molecule has 4 nitrogen and oxygen atoms in total. The Balaban J connectivity index is 1.41. The van der Waals surface area contributed by atoms with Crippen LogP contribution in [0.15, 0.2) is 48.5 Å². The Morgan fingerprint density at radius 3 is 2.52 bits per heavy atom. The highest BCUT2D eigenvalue weighted by Crippen LogP contribution is 2.39. The summed E-state index contributed by atoms with van der Waals surface area (Å²) in [5.41, 5.74) is 1.99. The van der Waals surface area contributed by atoms with Crippen molar-refractivity contribution in [3.8, 4) is 5.75 Å². The first kappa shape index (κ1) is 19.9. The Kier molecular flexibility index (Phi) is 5.86. The third-order valence-electron chi connectivity index (χ3n) is 6.54.